The standard InChI is InChI=1S/C9H9O2/c1-2-9(10)11-8-6-4-3-5-7-8/h2-7,10H,1H2. The number of aliphatic hydroxyl groups excluding tert-OH is 1. The lowest BCUT2D eigenvalue weighted by Gasteiger charge is -2.05. The van der Waals surface area contributed by atoms with Gasteiger partial charge in [-0.2, -0.15) is 0 Å². The van der Waals surface area contributed by atoms with E-state index in [4.69, 9.17) is 9.84 Å². The molecular formula is C9H9O2. The van der Waals surface area contributed by atoms with E-state index in [1.165, 1.54) is 6.08 Å². The largest absolute Gasteiger partial charge is 0.452 e. The molecule has 0 heterocycles. The second-order valence-corrected chi connectivity index (χ2v) is 1.96. The average molecular weight is 149 g/mol. The Bertz CT molecular complexity index is 218. The molecule has 0 aliphatic carbocycles. The quantitative estimate of drug-likeness (QED) is 0.713. The van der Waals surface area contributed by atoms with Crippen molar-refractivity contribution in [3.63, 3.8) is 0 Å². The molecule has 2 nitrogen and oxygen atoms in total. The van der Waals surface area contributed by atoms with Gasteiger partial charge in [0.25, 0.3) is 6.29 Å². The van der Waals surface area contributed by atoms with E-state index in [1.54, 1.807) is 12.1 Å². The topological polar surface area (TPSA) is 29.5 Å². The molecule has 0 amide bonds. The number of hydrogen-bond donors (Lipinski definition) is 1. The van der Waals surface area contributed by atoms with Crippen molar-refractivity contribution in [3.8, 4) is 5.75 Å². The highest BCUT2D eigenvalue weighted by Crippen LogP contribution is 2.12. The number of benzene rings is 1. The van der Waals surface area contributed by atoms with E-state index in [2.05, 4.69) is 6.58 Å². The van der Waals surface area contributed by atoms with E-state index in [0.29, 0.717) is 5.75 Å². The van der Waals surface area contributed by atoms with Crippen LogP contribution < -0.4 is 4.74 Å². The monoisotopic (exact) mass is 149 g/mol. The maximum absolute atomic E-state index is 8.89. The summed E-state index contributed by atoms with van der Waals surface area (Å²) < 4.78 is 4.92. The normalized spacial score (nSPS) is 9.64. The molecule has 0 bridgehead atoms. The van der Waals surface area contributed by atoms with Gasteiger partial charge in [0.15, 0.2) is 0 Å². The first-order valence-electron chi connectivity index (χ1n) is 3.24. The first-order chi connectivity index (χ1) is 5.33. The van der Waals surface area contributed by atoms with E-state index in [1.807, 2.05) is 18.2 Å². The van der Waals surface area contributed by atoms with Crippen LogP contribution in [0.5, 0.6) is 5.75 Å². The van der Waals surface area contributed by atoms with Crippen LogP contribution in [-0.4, -0.2) is 5.11 Å². The van der Waals surface area contributed by atoms with Crippen LogP contribution in [0.15, 0.2) is 43.0 Å². The Hall–Kier alpha value is -1.28. The van der Waals surface area contributed by atoms with Crippen molar-refractivity contribution in [3.05, 3.63) is 49.3 Å². The molecule has 1 N–H and O–H groups in total. The summed E-state index contributed by atoms with van der Waals surface area (Å²) >= 11 is 0. The molecule has 0 saturated heterocycles. The third kappa shape index (κ3) is 2.43. The Kier molecular flexibility index (Phi) is 2.69. The zero-order valence-electron chi connectivity index (χ0n) is 6.03. The summed E-state index contributed by atoms with van der Waals surface area (Å²) in [5.74, 6) is 0.602. The van der Waals surface area contributed by atoms with Gasteiger partial charge < -0.3 is 9.84 Å². The van der Waals surface area contributed by atoms with Crippen molar-refractivity contribution in [2.75, 3.05) is 0 Å². The molecule has 0 saturated carbocycles. The van der Waals surface area contributed by atoms with Gasteiger partial charge in [-0.1, -0.05) is 24.8 Å². The van der Waals surface area contributed by atoms with Crippen molar-refractivity contribution in [2.24, 2.45) is 0 Å². The van der Waals surface area contributed by atoms with E-state index < -0.39 is 0 Å². The molecule has 1 aromatic carbocycles. The highest BCUT2D eigenvalue weighted by molar-refractivity contribution is 5.22. The molecule has 0 atom stereocenters. The second-order valence-electron chi connectivity index (χ2n) is 1.96. The van der Waals surface area contributed by atoms with Gasteiger partial charge in [0.2, 0.25) is 0 Å². The van der Waals surface area contributed by atoms with Crippen LogP contribution in [0.1, 0.15) is 0 Å². The third-order valence-electron chi connectivity index (χ3n) is 1.14. The molecule has 11 heavy (non-hydrogen) atoms. The van der Waals surface area contributed by atoms with Crippen LogP contribution in [0.3, 0.4) is 0 Å². The lowest BCUT2D eigenvalue weighted by atomic mass is 10.3. The SMILES string of the molecule is C=C[C](O)Oc1ccccc1. The molecule has 1 radical (unpaired) electrons. The summed E-state index contributed by atoms with van der Waals surface area (Å²) in [6.45, 7) is 3.34. The first kappa shape index (κ1) is 7.82. The van der Waals surface area contributed by atoms with Crippen LogP contribution in [0, 0.1) is 6.29 Å². The molecule has 1 rings (SSSR count). The van der Waals surface area contributed by atoms with Crippen molar-refractivity contribution in [1.29, 1.82) is 0 Å². The van der Waals surface area contributed by atoms with Gasteiger partial charge in [-0.3, -0.25) is 0 Å². The van der Waals surface area contributed by atoms with Crippen molar-refractivity contribution in [2.45, 2.75) is 0 Å². The van der Waals surface area contributed by atoms with Gasteiger partial charge in [0.05, 0.1) is 0 Å². The van der Waals surface area contributed by atoms with E-state index >= 15 is 0 Å². The fraction of sp³-hybridized carbons (Fsp3) is 0. The van der Waals surface area contributed by atoms with Crippen LogP contribution in [0.25, 0.3) is 0 Å². The highest BCUT2D eigenvalue weighted by Gasteiger charge is 1.99. The number of aliphatic hydroxyl groups is 1. The molecule has 0 aliphatic heterocycles. The molecule has 0 aromatic heterocycles. The summed E-state index contributed by atoms with van der Waals surface area (Å²) in [5, 5.41) is 8.89. The Morgan fingerprint density at radius 3 is 2.55 bits per heavy atom. The summed E-state index contributed by atoms with van der Waals surface area (Å²) in [7, 11) is 0. The zero-order chi connectivity index (χ0) is 8.10. The molecular weight excluding hydrogens is 140 g/mol. The summed E-state index contributed by atoms with van der Waals surface area (Å²) in [4.78, 5) is 0. The smallest absolute Gasteiger partial charge is 0.298 e. The van der Waals surface area contributed by atoms with E-state index in [0.717, 1.165) is 0 Å². The lowest BCUT2D eigenvalue weighted by molar-refractivity contribution is 0.136. The first-order valence-corrected chi connectivity index (χ1v) is 3.24. The van der Waals surface area contributed by atoms with Crippen molar-refractivity contribution in [1.82, 2.24) is 0 Å². The van der Waals surface area contributed by atoms with Gasteiger partial charge in [-0.25, -0.2) is 0 Å². The van der Waals surface area contributed by atoms with Gasteiger partial charge in [0, 0.05) is 0 Å². The van der Waals surface area contributed by atoms with E-state index in [9.17, 15) is 0 Å². The zero-order valence-corrected chi connectivity index (χ0v) is 6.03. The fourth-order valence-electron chi connectivity index (χ4n) is 0.651. The number of para-hydroxylation sites is 1. The molecule has 0 spiro atoms. The molecule has 2 heteroatoms. The minimum atomic E-state index is -0.184. The van der Waals surface area contributed by atoms with Crippen LogP contribution >= 0.6 is 0 Å². The Balaban J connectivity index is 2.57. The maximum Gasteiger partial charge on any atom is 0.298 e. The molecule has 0 aliphatic rings. The summed E-state index contributed by atoms with van der Waals surface area (Å²) in [6, 6.07) is 9.02. The number of ether oxygens (including phenoxy) is 1. The Labute approximate surface area is 65.7 Å². The Morgan fingerprint density at radius 1 is 1.36 bits per heavy atom. The van der Waals surface area contributed by atoms with Crippen molar-refractivity contribution >= 4 is 0 Å². The predicted molar refractivity (Wildman–Crippen MR) is 42.4 cm³/mol. The minimum Gasteiger partial charge on any atom is -0.452 e. The van der Waals surface area contributed by atoms with E-state index in [-0.39, 0.29) is 6.29 Å². The van der Waals surface area contributed by atoms with Crippen molar-refractivity contribution < 1.29 is 9.84 Å². The number of rotatable bonds is 3. The van der Waals surface area contributed by atoms with Gasteiger partial charge in [-0.15, -0.1) is 0 Å². The predicted octanol–water partition coefficient (Wildman–Crippen LogP) is 2.11. The highest BCUT2D eigenvalue weighted by atomic mass is 16.6. The molecule has 1 aromatic rings. The van der Waals surface area contributed by atoms with Crippen LogP contribution in [-0.2, 0) is 0 Å². The summed E-state index contributed by atoms with van der Waals surface area (Å²) in [6.07, 6.45) is 1.06. The fourth-order valence-corrected chi connectivity index (χ4v) is 0.651. The van der Waals surface area contributed by atoms with Gasteiger partial charge in [-0.05, 0) is 18.2 Å². The van der Waals surface area contributed by atoms with Crippen LogP contribution in [0.2, 0.25) is 0 Å². The lowest BCUT2D eigenvalue weighted by Crippen LogP contribution is -2.00. The third-order valence-corrected chi connectivity index (χ3v) is 1.14. The summed E-state index contributed by atoms with van der Waals surface area (Å²) in [5.41, 5.74) is 0. The number of hydrogen-bond acceptors (Lipinski definition) is 2. The van der Waals surface area contributed by atoms with Gasteiger partial charge >= 0.3 is 0 Å². The average Bonchev–Trinajstić information content (AvgIpc) is 2.06. The van der Waals surface area contributed by atoms with Gasteiger partial charge in [0.1, 0.15) is 5.75 Å². The molecule has 0 fully saturated rings. The Morgan fingerprint density at radius 2 is 2.00 bits per heavy atom. The minimum absolute atomic E-state index is 0.184. The second kappa shape index (κ2) is 3.78. The molecule has 57 valence electrons. The van der Waals surface area contributed by atoms with Crippen LogP contribution in [0.4, 0.5) is 0 Å². The maximum atomic E-state index is 8.89. The molecule has 0 unspecified atom stereocenters.